The summed E-state index contributed by atoms with van der Waals surface area (Å²) >= 11 is 4.23. The van der Waals surface area contributed by atoms with Gasteiger partial charge in [0.15, 0.2) is 5.17 Å². The average Bonchev–Trinajstić information content (AvgIpc) is 2.95. The van der Waals surface area contributed by atoms with Crippen molar-refractivity contribution < 1.29 is 22.8 Å². The first-order valence-electron chi connectivity index (χ1n) is 8.01. The molecular formula is C18H13BrF3N3O2S. The number of hydrogen-bond donors (Lipinski definition) is 2. The predicted molar refractivity (Wildman–Crippen MR) is 105 cm³/mol. The smallest absolute Gasteiger partial charge is 0.325 e. The summed E-state index contributed by atoms with van der Waals surface area (Å²) in [4.78, 5) is 28.2. The average molecular weight is 472 g/mol. The van der Waals surface area contributed by atoms with E-state index >= 15 is 0 Å². The first-order valence-corrected chi connectivity index (χ1v) is 9.68. The maximum absolute atomic E-state index is 13.1. The minimum absolute atomic E-state index is 0.0281. The molecule has 1 fully saturated rings. The standard InChI is InChI=1S/C18H13BrF3N3O2S/c19-11-6-2-4-8-13(11)23-15(26)9-14-16(27)25-17(28-14)24-12-7-3-1-5-10(12)18(20,21)22/h1-8,14H,9H2,(H,23,26)(H,24,25,27). The minimum Gasteiger partial charge on any atom is -0.325 e. The van der Waals surface area contributed by atoms with E-state index in [2.05, 4.69) is 31.6 Å². The van der Waals surface area contributed by atoms with E-state index in [1.54, 1.807) is 24.3 Å². The van der Waals surface area contributed by atoms with Crippen molar-refractivity contribution in [2.45, 2.75) is 17.8 Å². The third-order valence-electron chi connectivity index (χ3n) is 3.73. The Morgan fingerprint density at radius 1 is 1.18 bits per heavy atom. The van der Waals surface area contributed by atoms with Crippen LogP contribution in [0.5, 0.6) is 0 Å². The minimum atomic E-state index is -4.56. The Bertz CT molecular complexity index is 950. The normalized spacial score (nSPS) is 18.2. The number of para-hydroxylation sites is 2. The number of alkyl halides is 3. The maximum atomic E-state index is 13.1. The van der Waals surface area contributed by atoms with Crippen molar-refractivity contribution in [3.63, 3.8) is 0 Å². The number of hydrogen-bond acceptors (Lipinski definition) is 4. The number of aliphatic imine (C=N–C) groups is 1. The van der Waals surface area contributed by atoms with Crippen molar-refractivity contribution in [3.8, 4) is 0 Å². The van der Waals surface area contributed by atoms with E-state index in [1.807, 2.05) is 0 Å². The number of carbonyl (C=O) groups excluding carboxylic acids is 2. The summed E-state index contributed by atoms with van der Waals surface area (Å²) in [5, 5.41) is 4.36. The topological polar surface area (TPSA) is 70.6 Å². The number of nitrogens with zero attached hydrogens (tertiary/aromatic N) is 1. The SMILES string of the molecule is O=C(CC1SC(=Nc2ccccc2C(F)(F)F)NC1=O)Nc1ccccc1Br. The molecule has 0 aromatic heterocycles. The van der Waals surface area contributed by atoms with Crippen LogP contribution in [0, 0.1) is 0 Å². The van der Waals surface area contributed by atoms with Gasteiger partial charge in [0, 0.05) is 10.9 Å². The number of halogens is 4. The third-order valence-corrected chi connectivity index (χ3v) is 5.50. The first kappa shape index (κ1) is 20.4. The van der Waals surface area contributed by atoms with Crippen molar-refractivity contribution in [2.75, 3.05) is 5.32 Å². The fourth-order valence-corrected chi connectivity index (χ4v) is 3.81. The molecule has 0 saturated carbocycles. The van der Waals surface area contributed by atoms with Gasteiger partial charge in [-0.1, -0.05) is 36.0 Å². The molecule has 1 aliphatic heterocycles. The third kappa shape index (κ3) is 4.93. The molecule has 1 aliphatic rings. The maximum Gasteiger partial charge on any atom is 0.418 e. The molecule has 0 radical (unpaired) electrons. The van der Waals surface area contributed by atoms with Gasteiger partial charge in [0.1, 0.15) is 5.25 Å². The van der Waals surface area contributed by atoms with Crippen LogP contribution in [0.4, 0.5) is 24.5 Å². The molecule has 2 aromatic carbocycles. The summed E-state index contributed by atoms with van der Waals surface area (Å²) in [5.74, 6) is -0.869. The summed E-state index contributed by atoms with van der Waals surface area (Å²) in [6, 6.07) is 11.8. The molecule has 5 nitrogen and oxygen atoms in total. The molecule has 1 heterocycles. The molecule has 1 atom stereocenters. The lowest BCUT2D eigenvalue weighted by Crippen LogP contribution is -2.28. The number of benzene rings is 2. The largest absolute Gasteiger partial charge is 0.418 e. The Kier molecular flexibility index (Phi) is 6.09. The number of nitrogens with one attached hydrogen (secondary N) is 2. The zero-order chi connectivity index (χ0) is 20.3. The van der Waals surface area contributed by atoms with Gasteiger partial charge >= 0.3 is 6.18 Å². The van der Waals surface area contributed by atoms with Crippen molar-refractivity contribution in [2.24, 2.45) is 4.99 Å². The van der Waals surface area contributed by atoms with Gasteiger partial charge in [0.2, 0.25) is 11.8 Å². The van der Waals surface area contributed by atoms with Crippen LogP contribution in [0.3, 0.4) is 0 Å². The lowest BCUT2D eigenvalue weighted by molar-refractivity contribution is -0.137. The molecule has 0 spiro atoms. The van der Waals surface area contributed by atoms with Gasteiger partial charge in [0.05, 0.1) is 16.9 Å². The Morgan fingerprint density at radius 3 is 2.57 bits per heavy atom. The van der Waals surface area contributed by atoms with Crippen LogP contribution in [0.1, 0.15) is 12.0 Å². The van der Waals surface area contributed by atoms with Crippen LogP contribution in [0.15, 0.2) is 58.0 Å². The molecule has 1 saturated heterocycles. The van der Waals surface area contributed by atoms with Crippen molar-refractivity contribution in [1.29, 1.82) is 0 Å². The Hall–Kier alpha value is -2.33. The van der Waals surface area contributed by atoms with Gasteiger partial charge in [0.25, 0.3) is 0 Å². The molecule has 0 aliphatic carbocycles. The molecule has 0 bridgehead atoms. The van der Waals surface area contributed by atoms with Crippen LogP contribution in [-0.4, -0.2) is 22.2 Å². The Morgan fingerprint density at radius 2 is 1.86 bits per heavy atom. The second kappa shape index (κ2) is 8.36. The van der Waals surface area contributed by atoms with Crippen molar-refractivity contribution >= 4 is 56.0 Å². The van der Waals surface area contributed by atoms with Crippen LogP contribution >= 0.6 is 27.7 Å². The lowest BCUT2D eigenvalue weighted by Gasteiger charge is -2.09. The van der Waals surface area contributed by atoms with E-state index in [0.717, 1.165) is 17.8 Å². The summed E-state index contributed by atoms with van der Waals surface area (Å²) in [5.41, 5.74) is -0.632. The monoisotopic (exact) mass is 471 g/mol. The zero-order valence-corrected chi connectivity index (χ0v) is 16.5. The highest BCUT2D eigenvalue weighted by molar-refractivity contribution is 9.10. The summed E-state index contributed by atoms with van der Waals surface area (Å²) in [6.07, 6.45) is -4.70. The number of amidine groups is 1. The molecule has 10 heteroatoms. The van der Waals surface area contributed by atoms with Gasteiger partial charge in [-0.15, -0.1) is 0 Å². The van der Waals surface area contributed by atoms with Crippen LogP contribution in [0.25, 0.3) is 0 Å². The first-order chi connectivity index (χ1) is 13.2. The van der Waals surface area contributed by atoms with E-state index in [4.69, 9.17) is 0 Å². The van der Waals surface area contributed by atoms with Crippen molar-refractivity contribution in [1.82, 2.24) is 5.32 Å². The van der Waals surface area contributed by atoms with E-state index < -0.39 is 28.8 Å². The van der Waals surface area contributed by atoms with Gasteiger partial charge in [-0.2, -0.15) is 13.2 Å². The molecule has 1 unspecified atom stereocenters. The second-order valence-corrected chi connectivity index (χ2v) is 7.81. The number of carbonyl (C=O) groups is 2. The number of amides is 2. The summed E-state index contributed by atoms with van der Waals surface area (Å²) in [7, 11) is 0. The van der Waals surface area contributed by atoms with E-state index in [-0.39, 0.29) is 17.3 Å². The number of thioether (sulfide) groups is 1. The molecule has 2 amide bonds. The summed E-state index contributed by atoms with van der Waals surface area (Å²) in [6.45, 7) is 0. The molecule has 2 N–H and O–H groups in total. The zero-order valence-electron chi connectivity index (χ0n) is 14.1. The fraction of sp³-hybridized carbons (Fsp3) is 0.167. The van der Waals surface area contributed by atoms with Gasteiger partial charge in [-0.05, 0) is 40.2 Å². The fourth-order valence-electron chi connectivity index (χ4n) is 2.44. The quantitative estimate of drug-likeness (QED) is 0.677. The number of rotatable bonds is 4. The lowest BCUT2D eigenvalue weighted by atomic mass is 10.2. The van der Waals surface area contributed by atoms with Crippen molar-refractivity contribution in [3.05, 3.63) is 58.6 Å². The van der Waals surface area contributed by atoms with Gasteiger partial charge < -0.3 is 10.6 Å². The molecule has 28 heavy (non-hydrogen) atoms. The molecular weight excluding hydrogens is 459 g/mol. The van der Waals surface area contributed by atoms with Gasteiger partial charge in [-0.3, -0.25) is 9.59 Å². The predicted octanol–water partition coefficient (Wildman–Crippen LogP) is 4.72. The summed E-state index contributed by atoms with van der Waals surface area (Å²) < 4.78 is 39.9. The highest BCUT2D eigenvalue weighted by atomic mass is 79.9. The number of anilines is 1. The molecule has 3 rings (SSSR count). The van der Waals surface area contributed by atoms with Crippen LogP contribution in [-0.2, 0) is 15.8 Å². The van der Waals surface area contributed by atoms with E-state index in [1.165, 1.54) is 18.2 Å². The van der Waals surface area contributed by atoms with E-state index in [9.17, 15) is 22.8 Å². The van der Waals surface area contributed by atoms with Crippen LogP contribution < -0.4 is 10.6 Å². The Labute approximate surface area is 170 Å². The Balaban J connectivity index is 1.70. The second-order valence-electron chi connectivity index (χ2n) is 5.76. The van der Waals surface area contributed by atoms with E-state index in [0.29, 0.717) is 10.2 Å². The highest BCUT2D eigenvalue weighted by Crippen LogP contribution is 2.37. The molecule has 146 valence electrons. The highest BCUT2D eigenvalue weighted by Gasteiger charge is 2.35. The van der Waals surface area contributed by atoms with Gasteiger partial charge in [-0.25, -0.2) is 4.99 Å². The molecule has 2 aromatic rings. The van der Waals surface area contributed by atoms with Crippen LogP contribution in [0.2, 0.25) is 0 Å².